The Morgan fingerprint density at radius 2 is 1.88 bits per heavy atom. The quantitative estimate of drug-likeness (QED) is 0.647. The Morgan fingerprint density at radius 1 is 1.20 bits per heavy atom. The Kier molecular flexibility index (Phi) is 7.37. The molecule has 2 rings (SSSR count). The molecule has 0 atom stereocenters. The summed E-state index contributed by atoms with van der Waals surface area (Å²) in [5.41, 5.74) is 1.17. The molecular formula is C18H28N4O3. The molecule has 0 bridgehead atoms. The highest BCUT2D eigenvalue weighted by Crippen LogP contribution is 2.17. The summed E-state index contributed by atoms with van der Waals surface area (Å²) in [4.78, 5) is 20.0. The van der Waals surface area contributed by atoms with Gasteiger partial charge in [-0.2, -0.15) is 0 Å². The van der Waals surface area contributed by atoms with E-state index in [0.29, 0.717) is 19.7 Å². The number of benzene rings is 1. The predicted molar refractivity (Wildman–Crippen MR) is 98.2 cm³/mol. The molecule has 25 heavy (non-hydrogen) atoms. The van der Waals surface area contributed by atoms with Crippen LogP contribution in [0.25, 0.3) is 0 Å². The standard InChI is InChI=1S/C18H28N4O3/c1-4-25-18(23)22-13-11-21(12-14-22)17(19-2)20-10-9-15-7-5-6-8-16(15)24-3/h5-8H,4,9-14H2,1-3H3,(H,19,20). The van der Waals surface area contributed by atoms with E-state index in [-0.39, 0.29) is 6.09 Å². The fourth-order valence-electron chi connectivity index (χ4n) is 2.87. The molecule has 138 valence electrons. The third kappa shape index (κ3) is 5.27. The van der Waals surface area contributed by atoms with Crippen LogP contribution >= 0.6 is 0 Å². The molecule has 0 aromatic heterocycles. The van der Waals surface area contributed by atoms with Crippen LogP contribution in [0.5, 0.6) is 5.75 Å². The summed E-state index contributed by atoms with van der Waals surface area (Å²) < 4.78 is 10.4. The first kappa shape index (κ1) is 18.9. The number of methoxy groups -OCH3 is 1. The first-order valence-corrected chi connectivity index (χ1v) is 8.68. The molecule has 1 aliphatic heterocycles. The Bertz CT molecular complexity index is 583. The summed E-state index contributed by atoms with van der Waals surface area (Å²) in [5.74, 6) is 1.76. The van der Waals surface area contributed by atoms with Crippen molar-refractivity contribution in [3.8, 4) is 5.75 Å². The first-order valence-electron chi connectivity index (χ1n) is 8.68. The number of carbonyl (C=O) groups excluding carboxylic acids is 1. The number of rotatable bonds is 5. The first-order chi connectivity index (χ1) is 12.2. The number of amides is 1. The molecule has 0 saturated carbocycles. The molecule has 1 fully saturated rings. The maximum Gasteiger partial charge on any atom is 0.409 e. The third-order valence-corrected chi connectivity index (χ3v) is 4.19. The van der Waals surface area contributed by atoms with Crippen molar-refractivity contribution in [2.45, 2.75) is 13.3 Å². The Morgan fingerprint density at radius 3 is 2.52 bits per heavy atom. The van der Waals surface area contributed by atoms with E-state index in [4.69, 9.17) is 9.47 Å². The van der Waals surface area contributed by atoms with Gasteiger partial charge in [0.05, 0.1) is 13.7 Å². The van der Waals surface area contributed by atoms with Crippen LogP contribution in [0.15, 0.2) is 29.3 Å². The van der Waals surface area contributed by atoms with Crippen LogP contribution in [0.3, 0.4) is 0 Å². The van der Waals surface area contributed by atoms with Gasteiger partial charge in [-0.1, -0.05) is 18.2 Å². The number of nitrogens with zero attached hydrogens (tertiary/aromatic N) is 3. The normalized spacial score (nSPS) is 15.1. The van der Waals surface area contributed by atoms with Crippen LogP contribution in [0.4, 0.5) is 4.79 Å². The largest absolute Gasteiger partial charge is 0.496 e. The van der Waals surface area contributed by atoms with Crippen LogP contribution in [0, 0.1) is 0 Å². The molecule has 1 aromatic carbocycles. The van der Waals surface area contributed by atoms with Gasteiger partial charge in [0.25, 0.3) is 0 Å². The van der Waals surface area contributed by atoms with Gasteiger partial charge in [-0.05, 0) is 25.0 Å². The minimum Gasteiger partial charge on any atom is -0.496 e. The van der Waals surface area contributed by atoms with Gasteiger partial charge in [-0.15, -0.1) is 0 Å². The van der Waals surface area contributed by atoms with E-state index >= 15 is 0 Å². The molecule has 0 radical (unpaired) electrons. The van der Waals surface area contributed by atoms with Gasteiger partial charge >= 0.3 is 6.09 Å². The van der Waals surface area contributed by atoms with Crippen molar-refractivity contribution >= 4 is 12.1 Å². The van der Waals surface area contributed by atoms with Crippen molar-refractivity contribution in [1.29, 1.82) is 0 Å². The van der Waals surface area contributed by atoms with Gasteiger partial charge in [0.15, 0.2) is 5.96 Å². The molecule has 0 aliphatic carbocycles. The SMILES string of the molecule is CCOC(=O)N1CCN(C(=NC)NCCc2ccccc2OC)CC1. The lowest BCUT2D eigenvalue weighted by molar-refractivity contribution is 0.0915. The van der Waals surface area contributed by atoms with Gasteiger partial charge in [-0.25, -0.2) is 4.79 Å². The molecule has 1 N–H and O–H groups in total. The predicted octanol–water partition coefficient (Wildman–Crippen LogP) is 1.59. The van der Waals surface area contributed by atoms with E-state index in [0.717, 1.165) is 37.8 Å². The summed E-state index contributed by atoms with van der Waals surface area (Å²) in [7, 11) is 3.47. The number of carbonyl (C=O) groups is 1. The third-order valence-electron chi connectivity index (χ3n) is 4.19. The average molecular weight is 348 g/mol. The van der Waals surface area contributed by atoms with Crippen LogP contribution in [0.1, 0.15) is 12.5 Å². The highest BCUT2D eigenvalue weighted by molar-refractivity contribution is 5.80. The van der Waals surface area contributed by atoms with E-state index < -0.39 is 0 Å². The highest BCUT2D eigenvalue weighted by Gasteiger charge is 2.23. The Hall–Kier alpha value is -2.44. The van der Waals surface area contributed by atoms with Crippen LogP contribution in [-0.4, -0.2) is 75.3 Å². The topological polar surface area (TPSA) is 66.4 Å². The van der Waals surface area contributed by atoms with Gasteiger partial charge in [0.2, 0.25) is 0 Å². The minimum absolute atomic E-state index is 0.235. The minimum atomic E-state index is -0.235. The second kappa shape index (κ2) is 9.76. The van der Waals surface area contributed by atoms with Crippen molar-refractivity contribution in [1.82, 2.24) is 15.1 Å². The van der Waals surface area contributed by atoms with Crippen LogP contribution in [0.2, 0.25) is 0 Å². The van der Waals surface area contributed by atoms with E-state index in [1.54, 1.807) is 19.1 Å². The number of guanidine groups is 1. The maximum absolute atomic E-state index is 11.8. The fourth-order valence-corrected chi connectivity index (χ4v) is 2.87. The smallest absolute Gasteiger partial charge is 0.409 e. The van der Waals surface area contributed by atoms with Crippen molar-refractivity contribution in [3.05, 3.63) is 29.8 Å². The van der Waals surface area contributed by atoms with Crippen molar-refractivity contribution in [3.63, 3.8) is 0 Å². The Labute approximate surface area is 149 Å². The molecule has 1 aromatic rings. The van der Waals surface area contributed by atoms with Crippen LogP contribution in [-0.2, 0) is 11.2 Å². The number of hydrogen-bond acceptors (Lipinski definition) is 4. The van der Waals surface area contributed by atoms with Crippen LogP contribution < -0.4 is 10.1 Å². The number of aliphatic imine (C=N–C) groups is 1. The Balaban J connectivity index is 1.80. The summed E-state index contributed by atoms with van der Waals surface area (Å²) in [5, 5.41) is 3.39. The molecule has 7 heteroatoms. The monoisotopic (exact) mass is 348 g/mol. The zero-order valence-electron chi connectivity index (χ0n) is 15.3. The highest BCUT2D eigenvalue weighted by atomic mass is 16.6. The second-order valence-electron chi connectivity index (χ2n) is 5.71. The molecule has 1 heterocycles. The van der Waals surface area contributed by atoms with Gasteiger partial charge in [0.1, 0.15) is 5.75 Å². The van der Waals surface area contributed by atoms with Crippen molar-refractivity contribution in [2.75, 3.05) is 53.5 Å². The summed E-state index contributed by atoms with van der Waals surface area (Å²) in [6, 6.07) is 8.03. The summed E-state index contributed by atoms with van der Waals surface area (Å²) in [6.45, 7) is 5.77. The second-order valence-corrected chi connectivity index (χ2v) is 5.71. The lowest BCUT2D eigenvalue weighted by Gasteiger charge is -2.35. The number of para-hydroxylation sites is 1. The number of nitrogens with one attached hydrogen (secondary N) is 1. The molecule has 0 unspecified atom stereocenters. The number of hydrogen-bond donors (Lipinski definition) is 1. The van der Waals surface area contributed by atoms with E-state index in [2.05, 4.69) is 21.3 Å². The summed E-state index contributed by atoms with van der Waals surface area (Å²) in [6.07, 6.45) is 0.618. The maximum atomic E-state index is 11.8. The lowest BCUT2D eigenvalue weighted by atomic mass is 10.1. The zero-order chi connectivity index (χ0) is 18.1. The lowest BCUT2D eigenvalue weighted by Crippen LogP contribution is -2.54. The van der Waals surface area contributed by atoms with Crippen molar-refractivity contribution < 1.29 is 14.3 Å². The molecular weight excluding hydrogens is 320 g/mol. The van der Waals surface area contributed by atoms with Gasteiger partial charge in [0, 0.05) is 39.8 Å². The van der Waals surface area contributed by atoms with Gasteiger partial charge < -0.3 is 24.6 Å². The van der Waals surface area contributed by atoms with E-state index in [1.807, 2.05) is 25.1 Å². The average Bonchev–Trinajstić information content (AvgIpc) is 2.66. The molecule has 7 nitrogen and oxygen atoms in total. The molecule has 0 spiro atoms. The zero-order valence-corrected chi connectivity index (χ0v) is 15.3. The summed E-state index contributed by atoms with van der Waals surface area (Å²) >= 11 is 0. The number of ether oxygens (including phenoxy) is 2. The van der Waals surface area contributed by atoms with Gasteiger partial charge in [-0.3, -0.25) is 4.99 Å². The van der Waals surface area contributed by atoms with Crippen molar-refractivity contribution in [2.24, 2.45) is 4.99 Å². The molecule has 1 amide bonds. The number of piperazine rings is 1. The van der Waals surface area contributed by atoms with E-state index in [1.165, 1.54) is 5.56 Å². The van der Waals surface area contributed by atoms with E-state index in [9.17, 15) is 4.79 Å². The molecule has 1 aliphatic rings. The fraction of sp³-hybridized carbons (Fsp3) is 0.556. The molecule has 1 saturated heterocycles.